The Kier molecular flexibility index (Phi) is 5.53. The molecule has 2 heterocycles. The van der Waals surface area contributed by atoms with Gasteiger partial charge in [-0.15, -0.1) is 11.3 Å². The van der Waals surface area contributed by atoms with Gasteiger partial charge in [0.05, 0.1) is 18.2 Å². The van der Waals surface area contributed by atoms with Crippen LogP contribution in [-0.2, 0) is 35.1 Å². The highest BCUT2D eigenvalue weighted by Gasteiger charge is 2.32. The fraction of sp³-hybridized carbons (Fsp3) is 0.353. The minimum atomic E-state index is -4.72. The molecule has 0 radical (unpaired) electrons. The van der Waals surface area contributed by atoms with Gasteiger partial charge in [-0.3, -0.25) is 9.59 Å². The van der Waals surface area contributed by atoms with Gasteiger partial charge in [-0.1, -0.05) is 11.6 Å². The smallest absolute Gasteiger partial charge is 0.417 e. The number of halogens is 4. The number of pyridine rings is 1. The molecule has 6 nitrogen and oxygen atoms in total. The first-order chi connectivity index (χ1) is 13.1. The highest BCUT2D eigenvalue weighted by Crippen LogP contribution is 2.39. The Bertz CT molecular complexity index is 1010. The van der Waals surface area contributed by atoms with Gasteiger partial charge in [-0.25, -0.2) is 4.79 Å². The number of esters is 1. The largest absolute Gasteiger partial charge is 0.465 e. The van der Waals surface area contributed by atoms with Crippen LogP contribution in [0.2, 0.25) is 5.02 Å². The van der Waals surface area contributed by atoms with Crippen molar-refractivity contribution in [3.8, 4) is 0 Å². The summed E-state index contributed by atoms with van der Waals surface area (Å²) in [5, 5.41) is 2.11. The second-order valence-electron chi connectivity index (χ2n) is 6.11. The maximum Gasteiger partial charge on any atom is 0.417 e. The van der Waals surface area contributed by atoms with Gasteiger partial charge in [-0.2, -0.15) is 13.2 Å². The molecule has 0 fully saturated rings. The zero-order valence-electron chi connectivity index (χ0n) is 14.5. The Hall–Kier alpha value is -2.33. The monoisotopic (exact) mass is 434 g/mol. The standard InChI is InChI=1S/C17H14ClF3N2O4S/c1-27-16(26)13-9-3-2-4-11(9)28-14(13)22-12(24)7-23-6-8(17(19,20)21)5-10(18)15(23)25/h5-6H,2-4,7H2,1H3,(H,22,24). The fourth-order valence-corrected chi connectivity index (χ4v) is 4.52. The average Bonchev–Trinajstić information content (AvgIpc) is 3.17. The Morgan fingerprint density at radius 1 is 1.36 bits per heavy atom. The first-order valence-electron chi connectivity index (χ1n) is 8.11. The van der Waals surface area contributed by atoms with Crippen LogP contribution >= 0.6 is 22.9 Å². The van der Waals surface area contributed by atoms with E-state index in [0.29, 0.717) is 23.3 Å². The van der Waals surface area contributed by atoms with Gasteiger partial charge in [0, 0.05) is 11.1 Å². The molecule has 0 aliphatic heterocycles. The predicted octanol–water partition coefficient (Wildman–Crippen LogP) is 3.50. The van der Waals surface area contributed by atoms with Crippen molar-refractivity contribution in [3.05, 3.63) is 49.2 Å². The third-order valence-corrected chi connectivity index (χ3v) is 5.73. The van der Waals surface area contributed by atoms with Gasteiger partial charge in [0.2, 0.25) is 5.91 Å². The third-order valence-electron chi connectivity index (χ3n) is 4.25. The normalized spacial score (nSPS) is 13.3. The molecular formula is C17H14ClF3N2O4S. The Morgan fingerprint density at radius 2 is 2.07 bits per heavy atom. The number of ether oxygens (including phenoxy) is 1. The van der Waals surface area contributed by atoms with E-state index in [0.717, 1.165) is 23.3 Å². The Balaban J connectivity index is 1.87. The van der Waals surface area contributed by atoms with Crippen molar-refractivity contribution in [2.45, 2.75) is 32.0 Å². The number of methoxy groups -OCH3 is 1. The first-order valence-corrected chi connectivity index (χ1v) is 9.31. The minimum Gasteiger partial charge on any atom is -0.465 e. The van der Waals surface area contributed by atoms with Crippen LogP contribution in [0.5, 0.6) is 0 Å². The van der Waals surface area contributed by atoms with E-state index in [1.807, 2.05) is 0 Å². The Labute approximate surface area is 165 Å². The van der Waals surface area contributed by atoms with Crippen molar-refractivity contribution in [2.75, 3.05) is 12.4 Å². The van der Waals surface area contributed by atoms with Gasteiger partial charge >= 0.3 is 12.1 Å². The molecule has 11 heteroatoms. The van der Waals surface area contributed by atoms with Gasteiger partial charge in [0.1, 0.15) is 16.6 Å². The molecule has 3 rings (SSSR count). The van der Waals surface area contributed by atoms with Crippen molar-refractivity contribution >= 4 is 39.8 Å². The zero-order chi connectivity index (χ0) is 20.6. The molecule has 0 aromatic carbocycles. The molecule has 0 saturated carbocycles. The van der Waals surface area contributed by atoms with E-state index < -0.39 is 40.7 Å². The molecule has 2 aromatic heterocycles. The summed E-state index contributed by atoms with van der Waals surface area (Å²) in [6.07, 6.45) is -1.86. The number of carbonyl (C=O) groups is 2. The summed E-state index contributed by atoms with van der Waals surface area (Å²) in [5.41, 5.74) is -1.00. The fourth-order valence-electron chi connectivity index (χ4n) is 3.00. The molecule has 0 unspecified atom stereocenters. The van der Waals surface area contributed by atoms with E-state index in [1.54, 1.807) is 0 Å². The predicted molar refractivity (Wildman–Crippen MR) is 97.0 cm³/mol. The third kappa shape index (κ3) is 3.93. The number of rotatable bonds is 4. The van der Waals surface area contributed by atoms with Crippen molar-refractivity contribution in [1.82, 2.24) is 4.57 Å². The maximum absolute atomic E-state index is 12.9. The van der Waals surface area contributed by atoms with E-state index in [1.165, 1.54) is 18.4 Å². The van der Waals surface area contributed by atoms with Gasteiger partial charge < -0.3 is 14.6 Å². The molecule has 150 valence electrons. The van der Waals surface area contributed by atoms with Gasteiger partial charge in [0.25, 0.3) is 5.56 Å². The van der Waals surface area contributed by atoms with Crippen LogP contribution in [0.25, 0.3) is 0 Å². The number of thiophene rings is 1. The molecular weight excluding hydrogens is 421 g/mol. The molecule has 0 atom stereocenters. The quantitative estimate of drug-likeness (QED) is 0.747. The van der Waals surface area contributed by atoms with Crippen LogP contribution in [0.15, 0.2) is 17.1 Å². The van der Waals surface area contributed by atoms with Crippen LogP contribution < -0.4 is 10.9 Å². The van der Waals surface area contributed by atoms with E-state index in [-0.39, 0.29) is 10.6 Å². The number of hydrogen-bond acceptors (Lipinski definition) is 5. The van der Waals surface area contributed by atoms with Crippen LogP contribution in [0.1, 0.15) is 32.8 Å². The lowest BCUT2D eigenvalue weighted by molar-refractivity contribution is -0.138. The number of anilines is 1. The van der Waals surface area contributed by atoms with E-state index in [2.05, 4.69) is 5.32 Å². The molecule has 0 bridgehead atoms. The maximum atomic E-state index is 12.9. The molecule has 1 N–H and O–H groups in total. The number of hydrogen-bond donors (Lipinski definition) is 1. The highest BCUT2D eigenvalue weighted by molar-refractivity contribution is 7.17. The summed E-state index contributed by atoms with van der Waals surface area (Å²) >= 11 is 6.80. The molecule has 1 aliphatic rings. The SMILES string of the molecule is COC(=O)c1c(NC(=O)Cn2cc(C(F)(F)F)cc(Cl)c2=O)sc2c1CCC2. The lowest BCUT2D eigenvalue weighted by Gasteiger charge is -2.12. The average molecular weight is 435 g/mol. The summed E-state index contributed by atoms with van der Waals surface area (Å²) in [6, 6.07) is 0.511. The summed E-state index contributed by atoms with van der Waals surface area (Å²) in [4.78, 5) is 37.4. The summed E-state index contributed by atoms with van der Waals surface area (Å²) < 4.78 is 44.1. The van der Waals surface area contributed by atoms with E-state index in [9.17, 15) is 27.6 Å². The topological polar surface area (TPSA) is 77.4 Å². The number of carbonyl (C=O) groups excluding carboxylic acids is 2. The number of nitrogens with one attached hydrogen (secondary N) is 1. The van der Waals surface area contributed by atoms with Crippen molar-refractivity contribution in [3.63, 3.8) is 0 Å². The number of alkyl halides is 3. The van der Waals surface area contributed by atoms with Crippen molar-refractivity contribution in [1.29, 1.82) is 0 Å². The highest BCUT2D eigenvalue weighted by atomic mass is 35.5. The second-order valence-corrected chi connectivity index (χ2v) is 7.62. The molecule has 2 aromatic rings. The lowest BCUT2D eigenvalue weighted by Crippen LogP contribution is -2.29. The second kappa shape index (κ2) is 7.59. The number of amides is 1. The Morgan fingerprint density at radius 3 is 2.71 bits per heavy atom. The number of aryl methyl sites for hydroxylation is 1. The zero-order valence-corrected chi connectivity index (χ0v) is 16.1. The molecule has 1 aliphatic carbocycles. The lowest BCUT2D eigenvalue weighted by atomic mass is 10.1. The van der Waals surface area contributed by atoms with Crippen LogP contribution in [0, 0.1) is 0 Å². The molecule has 0 saturated heterocycles. The summed E-state index contributed by atoms with van der Waals surface area (Å²) in [5.74, 6) is -1.36. The van der Waals surface area contributed by atoms with Gasteiger partial charge in [-0.05, 0) is 30.9 Å². The molecule has 0 spiro atoms. The number of nitrogens with zero attached hydrogens (tertiary/aromatic N) is 1. The van der Waals surface area contributed by atoms with Crippen LogP contribution in [0.4, 0.5) is 18.2 Å². The van der Waals surface area contributed by atoms with E-state index >= 15 is 0 Å². The van der Waals surface area contributed by atoms with Crippen LogP contribution in [-0.4, -0.2) is 23.6 Å². The summed E-state index contributed by atoms with van der Waals surface area (Å²) in [6.45, 7) is -0.689. The van der Waals surface area contributed by atoms with E-state index in [4.69, 9.17) is 16.3 Å². The molecule has 1 amide bonds. The van der Waals surface area contributed by atoms with Gasteiger partial charge in [0.15, 0.2) is 0 Å². The molecule has 28 heavy (non-hydrogen) atoms. The number of aromatic nitrogens is 1. The van der Waals surface area contributed by atoms with Crippen molar-refractivity contribution < 1.29 is 27.5 Å². The van der Waals surface area contributed by atoms with Crippen molar-refractivity contribution in [2.24, 2.45) is 0 Å². The first kappa shape index (κ1) is 20.4. The number of fused-ring (bicyclic) bond motifs is 1. The summed E-state index contributed by atoms with van der Waals surface area (Å²) in [7, 11) is 1.22. The van der Waals surface area contributed by atoms with Crippen LogP contribution in [0.3, 0.4) is 0 Å². The minimum absolute atomic E-state index is 0.253.